The van der Waals surface area contributed by atoms with Gasteiger partial charge in [-0.1, -0.05) is 0 Å². The minimum Gasteiger partial charge on any atom is -0.473 e. The number of rotatable bonds is 2. The molecule has 2 rings (SSSR count). The Balaban J connectivity index is 0.000000272. The van der Waals surface area contributed by atoms with Gasteiger partial charge in [0.15, 0.2) is 0 Å². The number of aliphatic carboxylic acids is 2. The zero-order valence-electron chi connectivity index (χ0n) is 10.9. The number of carboxylic acid groups (broad SMARTS) is 2. The van der Waals surface area contributed by atoms with E-state index in [2.05, 4.69) is 0 Å². The van der Waals surface area contributed by atoms with E-state index in [1.165, 1.54) is 23.0 Å². The first-order valence-corrected chi connectivity index (χ1v) is 10.0. The Morgan fingerprint density at radius 3 is 1.15 bits per heavy atom. The van der Waals surface area contributed by atoms with Gasteiger partial charge >= 0.3 is 11.9 Å². The van der Waals surface area contributed by atoms with Gasteiger partial charge in [0, 0.05) is 36.1 Å². The van der Waals surface area contributed by atoms with Gasteiger partial charge < -0.3 is 21.7 Å². The number of carbonyl (C=O) groups is 2. The van der Waals surface area contributed by atoms with Crippen LogP contribution in [0.3, 0.4) is 0 Å². The lowest BCUT2D eigenvalue weighted by Gasteiger charge is -1.98. The molecule has 118 valence electrons. The highest BCUT2D eigenvalue weighted by atomic mass is 32.2. The van der Waals surface area contributed by atoms with Gasteiger partial charge in [0.25, 0.3) is 0 Å². The lowest BCUT2D eigenvalue weighted by molar-refractivity contribution is -0.159. The fraction of sp³-hybridized carbons (Fsp3) is 0.800. The molecule has 0 bridgehead atoms. The summed E-state index contributed by atoms with van der Waals surface area (Å²) in [5, 5.41) is 14.8. The van der Waals surface area contributed by atoms with E-state index >= 15 is 0 Å². The van der Waals surface area contributed by atoms with Crippen molar-refractivity contribution in [2.24, 2.45) is 11.5 Å². The maximum Gasteiger partial charge on any atom is 0.414 e. The maximum atomic E-state index is 9.10. The number of hydrogen-bond acceptors (Lipinski definition) is 8. The molecule has 0 aromatic heterocycles. The first-order valence-electron chi connectivity index (χ1n) is 5.84. The smallest absolute Gasteiger partial charge is 0.414 e. The van der Waals surface area contributed by atoms with Crippen molar-refractivity contribution >= 4 is 59.0 Å². The molecular formula is C10H20N2O4S4. The Bertz CT molecular complexity index is 256. The fourth-order valence-electron chi connectivity index (χ4n) is 1.09. The van der Waals surface area contributed by atoms with E-state index in [9.17, 15) is 0 Å². The molecule has 0 aliphatic carbocycles. The first-order chi connectivity index (χ1) is 9.51. The molecule has 2 fully saturated rings. The molecule has 0 aromatic carbocycles. The van der Waals surface area contributed by atoms with Crippen LogP contribution in [0.5, 0.6) is 0 Å². The number of hydrogen-bond donors (Lipinski definition) is 4. The molecule has 0 radical (unpaired) electrons. The molecule has 6 nitrogen and oxygen atoms in total. The van der Waals surface area contributed by atoms with Gasteiger partial charge in [-0.05, 0) is 0 Å². The summed E-state index contributed by atoms with van der Waals surface area (Å²) in [4.78, 5) is 18.2. The quantitative estimate of drug-likeness (QED) is 0.521. The minimum atomic E-state index is -1.82. The highest BCUT2D eigenvalue weighted by molar-refractivity contribution is 8.20. The fourth-order valence-corrected chi connectivity index (χ4v) is 6.15. The highest BCUT2D eigenvalue weighted by Gasteiger charge is 2.13. The normalized spacial score (nSPS) is 18.7. The van der Waals surface area contributed by atoms with Crippen LogP contribution >= 0.6 is 47.0 Å². The van der Waals surface area contributed by atoms with Crippen LogP contribution in [-0.2, 0) is 9.59 Å². The van der Waals surface area contributed by atoms with Gasteiger partial charge in [-0.3, -0.25) is 0 Å². The molecule has 0 amide bonds. The van der Waals surface area contributed by atoms with Crippen LogP contribution in [0.15, 0.2) is 0 Å². The Morgan fingerprint density at radius 1 is 0.800 bits per heavy atom. The minimum absolute atomic E-state index is 0.708. The zero-order chi connectivity index (χ0) is 15.4. The van der Waals surface area contributed by atoms with Crippen LogP contribution in [-0.4, -0.2) is 67.4 Å². The van der Waals surface area contributed by atoms with Crippen molar-refractivity contribution < 1.29 is 19.8 Å². The molecular weight excluding hydrogens is 340 g/mol. The Morgan fingerprint density at radius 2 is 1.05 bits per heavy atom. The summed E-state index contributed by atoms with van der Waals surface area (Å²) in [6, 6.07) is 0. The van der Waals surface area contributed by atoms with Crippen molar-refractivity contribution in [2.45, 2.75) is 9.16 Å². The Hall–Kier alpha value is 0.260. The van der Waals surface area contributed by atoms with Gasteiger partial charge in [0.05, 0.1) is 9.16 Å². The SMILES string of the molecule is NCC1SCCS1.NCC1SCCS1.O=C(O)C(=O)O. The van der Waals surface area contributed by atoms with Crippen LogP contribution < -0.4 is 11.5 Å². The van der Waals surface area contributed by atoms with Crippen LogP contribution in [0.4, 0.5) is 0 Å². The highest BCUT2D eigenvalue weighted by Crippen LogP contribution is 2.30. The van der Waals surface area contributed by atoms with Crippen LogP contribution in [0, 0.1) is 0 Å². The zero-order valence-corrected chi connectivity index (χ0v) is 14.2. The lowest BCUT2D eigenvalue weighted by atomic mass is 10.7. The molecule has 0 spiro atoms. The third kappa shape index (κ3) is 11.0. The standard InChI is InChI=1S/2C4H9NS2.C2H2O4/c2*5-3-4-6-1-2-7-4;3-1(4)2(5)6/h2*4H,1-3,5H2;(H,3,4)(H,5,6). The average molecular weight is 361 g/mol. The average Bonchev–Trinajstić information content (AvgIpc) is 3.13. The van der Waals surface area contributed by atoms with E-state index < -0.39 is 11.9 Å². The van der Waals surface area contributed by atoms with Gasteiger partial charge in [-0.25, -0.2) is 9.59 Å². The molecule has 2 heterocycles. The van der Waals surface area contributed by atoms with Crippen molar-refractivity contribution in [3.63, 3.8) is 0 Å². The van der Waals surface area contributed by atoms with E-state index in [0.717, 1.165) is 13.1 Å². The first kappa shape index (κ1) is 20.3. The molecule has 20 heavy (non-hydrogen) atoms. The van der Waals surface area contributed by atoms with Crippen LogP contribution in [0.25, 0.3) is 0 Å². The second-order valence-corrected chi connectivity index (χ2v) is 9.26. The van der Waals surface area contributed by atoms with Crippen LogP contribution in [0.2, 0.25) is 0 Å². The topological polar surface area (TPSA) is 127 Å². The van der Waals surface area contributed by atoms with Crippen LogP contribution in [0.1, 0.15) is 0 Å². The predicted molar refractivity (Wildman–Crippen MR) is 90.8 cm³/mol. The summed E-state index contributed by atoms with van der Waals surface area (Å²) in [7, 11) is 0. The van der Waals surface area contributed by atoms with Crippen molar-refractivity contribution in [3.05, 3.63) is 0 Å². The summed E-state index contributed by atoms with van der Waals surface area (Å²) in [6.45, 7) is 1.69. The van der Waals surface area contributed by atoms with E-state index in [-0.39, 0.29) is 0 Å². The monoisotopic (exact) mass is 360 g/mol. The molecule has 2 aliphatic rings. The van der Waals surface area contributed by atoms with Gasteiger partial charge in [0.2, 0.25) is 0 Å². The Kier molecular flexibility index (Phi) is 13.1. The van der Waals surface area contributed by atoms with Gasteiger partial charge in [-0.2, -0.15) is 0 Å². The van der Waals surface area contributed by atoms with Gasteiger partial charge in [0.1, 0.15) is 0 Å². The van der Waals surface area contributed by atoms with Crippen molar-refractivity contribution in [2.75, 3.05) is 36.1 Å². The number of thioether (sulfide) groups is 4. The summed E-state index contributed by atoms with van der Waals surface area (Å²) in [5.41, 5.74) is 10.8. The molecule has 0 unspecified atom stereocenters. The second kappa shape index (κ2) is 13.0. The van der Waals surface area contributed by atoms with E-state index in [0.29, 0.717) is 9.16 Å². The summed E-state index contributed by atoms with van der Waals surface area (Å²) in [5.74, 6) is 1.54. The second-order valence-electron chi connectivity index (χ2n) is 3.42. The van der Waals surface area contributed by atoms with Crippen molar-refractivity contribution in [3.8, 4) is 0 Å². The Labute approximate surface area is 135 Å². The van der Waals surface area contributed by atoms with Crippen molar-refractivity contribution in [1.29, 1.82) is 0 Å². The lowest BCUT2D eigenvalue weighted by Crippen LogP contribution is -2.09. The van der Waals surface area contributed by atoms with Gasteiger partial charge in [-0.15, -0.1) is 47.0 Å². The molecule has 0 saturated carbocycles. The molecule has 2 saturated heterocycles. The largest absolute Gasteiger partial charge is 0.473 e. The third-order valence-electron chi connectivity index (χ3n) is 1.95. The van der Waals surface area contributed by atoms with Crippen molar-refractivity contribution in [1.82, 2.24) is 0 Å². The summed E-state index contributed by atoms with van der Waals surface area (Å²) < 4.78 is 1.42. The molecule has 2 aliphatic heterocycles. The molecule has 10 heteroatoms. The summed E-state index contributed by atoms with van der Waals surface area (Å²) >= 11 is 7.92. The van der Waals surface area contributed by atoms with E-state index in [4.69, 9.17) is 31.3 Å². The predicted octanol–water partition coefficient (Wildman–Crippen LogP) is 0.658. The third-order valence-corrected chi connectivity index (χ3v) is 8.12. The maximum absolute atomic E-state index is 9.10. The van der Waals surface area contributed by atoms with E-state index in [1.807, 2.05) is 47.0 Å². The molecule has 6 N–H and O–H groups in total. The molecule has 0 aromatic rings. The summed E-state index contributed by atoms with van der Waals surface area (Å²) in [6.07, 6.45) is 0. The number of nitrogens with two attached hydrogens (primary N) is 2. The number of carboxylic acids is 2. The molecule has 0 atom stereocenters. The van der Waals surface area contributed by atoms with E-state index in [1.54, 1.807) is 0 Å².